The second-order valence-corrected chi connectivity index (χ2v) is 5.08. The lowest BCUT2D eigenvalue weighted by atomic mass is 10.1. The van der Waals surface area contributed by atoms with E-state index < -0.39 is 0 Å². The summed E-state index contributed by atoms with van der Waals surface area (Å²) in [4.78, 5) is 0. The third kappa shape index (κ3) is 2.61. The molecule has 0 amide bonds. The third-order valence-electron chi connectivity index (χ3n) is 3.53. The van der Waals surface area contributed by atoms with Crippen LogP contribution >= 0.6 is 0 Å². The normalized spacial score (nSPS) is 16.1. The van der Waals surface area contributed by atoms with Gasteiger partial charge in [0.2, 0.25) is 0 Å². The van der Waals surface area contributed by atoms with Crippen molar-refractivity contribution in [2.24, 2.45) is 5.73 Å². The molecule has 0 atom stereocenters. The molecule has 2 N–H and O–H groups in total. The highest BCUT2D eigenvalue weighted by atomic mass is 19.1. The highest BCUT2D eigenvalue weighted by Crippen LogP contribution is 2.43. The van der Waals surface area contributed by atoms with Crippen LogP contribution in [0.4, 0.5) is 4.39 Å². The van der Waals surface area contributed by atoms with Gasteiger partial charge in [-0.3, -0.25) is 0 Å². The van der Waals surface area contributed by atoms with Gasteiger partial charge >= 0.3 is 0 Å². The van der Waals surface area contributed by atoms with Crippen LogP contribution in [0, 0.1) is 5.82 Å². The summed E-state index contributed by atoms with van der Waals surface area (Å²) in [5, 5.41) is 0. The van der Waals surface area contributed by atoms with E-state index in [-0.39, 0.29) is 17.1 Å². The molecule has 1 fully saturated rings. The summed E-state index contributed by atoms with van der Waals surface area (Å²) in [7, 11) is 0. The standard InChI is InChI=1S/C16H16FNO/c17-14-10-13(16(18)8-9-16)6-7-15(14)19-11-12-4-2-1-3-5-12/h1-7,10H,8-9,11,18H2. The molecule has 98 valence electrons. The van der Waals surface area contributed by atoms with Gasteiger partial charge in [-0.15, -0.1) is 0 Å². The molecule has 1 saturated carbocycles. The van der Waals surface area contributed by atoms with Crippen LogP contribution in [0.15, 0.2) is 48.5 Å². The predicted octanol–water partition coefficient (Wildman–Crippen LogP) is 3.35. The average molecular weight is 257 g/mol. The molecular formula is C16H16FNO. The van der Waals surface area contributed by atoms with Crippen molar-refractivity contribution in [3.05, 3.63) is 65.5 Å². The van der Waals surface area contributed by atoms with Gasteiger partial charge < -0.3 is 10.5 Å². The number of benzene rings is 2. The first kappa shape index (κ1) is 12.2. The fourth-order valence-electron chi connectivity index (χ4n) is 2.09. The zero-order valence-electron chi connectivity index (χ0n) is 10.6. The predicted molar refractivity (Wildman–Crippen MR) is 72.3 cm³/mol. The second-order valence-electron chi connectivity index (χ2n) is 5.08. The van der Waals surface area contributed by atoms with Crippen LogP contribution < -0.4 is 10.5 Å². The van der Waals surface area contributed by atoms with Crippen molar-refractivity contribution >= 4 is 0 Å². The summed E-state index contributed by atoms with van der Waals surface area (Å²) < 4.78 is 19.4. The van der Waals surface area contributed by atoms with Gasteiger partial charge in [-0.25, -0.2) is 4.39 Å². The molecule has 19 heavy (non-hydrogen) atoms. The molecule has 0 saturated heterocycles. The Morgan fingerprint density at radius 2 is 1.84 bits per heavy atom. The van der Waals surface area contributed by atoms with E-state index in [4.69, 9.17) is 10.5 Å². The Morgan fingerprint density at radius 1 is 1.11 bits per heavy atom. The zero-order valence-corrected chi connectivity index (χ0v) is 10.6. The molecule has 3 rings (SSSR count). The summed E-state index contributed by atoms with van der Waals surface area (Å²) in [6.07, 6.45) is 1.85. The van der Waals surface area contributed by atoms with Gasteiger partial charge in [0.05, 0.1) is 0 Å². The molecule has 0 radical (unpaired) electrons. The van der Waals surface area contributed by atoms with Crippen molar-refractivity contribution in [2.75, 3.05) is 0 Å². The van der Waals surface area contributed by atoms with Gasteiger partial charge in [-0.1, -0.05) is 36.4 Å². The van der Waals surface area contributed by atoms with Crippen LogP contribution in [-0.2, 0) is 12.1 Å². The molecule has 0 aliphatic heterocycles. The smallest absolute Gasteiger partial charge is 0.165 e. The maximum absolute atomic E-state index is 13.9. The molecule has 2 nitrogen and oxygen atoms in total. The molecule has 0 spiro atoms. The van der Waals surface area contributed by atoms with Crippen LogP contribution in [0.2, 0.25) is 0 Å². The molecule has 1 aliphatic rings. The van der Waals surface area contributed by atoms with Crippen molar-refractivity contribution in [3.63, 3.8) is 0 Å². The summed E-state index contributed by atoms with van der Waals surface area (Å²) in [5.74, 6) is -0.0676. The summed E-state index contributed by atoms with van der Waals surface area (Å²) in [6, 6.07) is 14.7. The van der Waals surface area contributed by atoms with E-state index in [2.05, 4.69) is 0 Å². The van der Waals surface area contributed by atoms with E-state index in [9.17, 15) is 4.39 Å². The number of halogens is 1. The Balaban J connectivity index is 1.71. The van der Waals surface area contributed by atoms with Crippen molar-refractivity contribution in [1.82, 2.24) is 0 Å². The second kappa shape index (κ2) is 4.67. The number of rotatable bonds is 4. The minimum atomic E-state index is -0.342. The molecule has 2 aromatic carbocycles. The van der Waals surface area contributed by atoms with E-state index in [0.717, 1.165) is 24.0 Å². The van der Waals surface area contributed by atoms with Crippen LogP contribution in [-0.4, -0.2) is 0 Å². The highest BCUT2D eigenvalue weighted by Gasteiger charge is 2.40. The van der Waals surface area contributed by atoms with Gasteiger partial charge in [0.15, 0.2) is 11.6 Å². The highest BCUT2D eigenvalue weighted by molar-refractivity contribution is 5.36. The lowest BCUT2D eigenvalue weighted by molar-refractivity contribution is 0.290. The van der Waals surface area contributed by atoms with Gasteiger partial charge in [0, 0.05) is 5.54 Å². The average Bonchev–Trinajstić information content (AvgIpc) is 3.18. The fourth-order valence-corrected chi connectivity index (χ4v) is 2.09. The molecule has 2 aromatic rings. The first-order valence-corrected chi connectivity index (χ1v) is 6.43. The largest absolute Gasteiger partial charge is 0.486 e. The van der Waals surface area contributed by atoms with E-state index >= 15 is 0 Å². The lowest BCUT2D eigenvalue weighted by Crippen LogP contribution is -2.18. The number of nitrogens with two attached hydrogens (primary N) is 1. The molecular weight excluding hydrogens is 241 g/mol. The Kier molecular flexibility index (Phi) is 2.99. The zero-order chi connectivity index (χ0) is 13.3. The first-order chi connectivity index (χ1) is 9.17. The fraction of sp³-hybridized carbons (Fsp3) is 0.250. The van der Waals surface area contributed by atoms with Crippen molar-refractivity contribution in [3.8, 4) is 5.75 Å². The van der Waals surface area contributed by atoms with Crippen LogP contribution in [0.25, 0.3) is 0 Å². The maximum atomic E-state index is 13.9. The lowest BCUT2D eigenvalue weighted by Gasteiger charge is -2.12. The minimum Gasteiger partial charge on any atom is -0.486 e. The first-order valence-electron chi connectivity index (χ1n) is 6.43. The number of hydrogen-bond acceptors (Lipinski definition) is 2. The van der Waals surface area contributed by atoms with E-state index in [1.165, 1.54) is 6.07 Å². The molecule has 1 aliphatic carbocycles. The Hall–Kier alpha value is -1.87. The van der Waals surface area contributed by atoms with E-state index in [1.54, 1.807) is 6.07 Å². The third-order valence-corrected chi connectivity index (χ3v) is 3.53. The molecule has 0 aromatic heterocycles. The summed E-state index contributed by atoms with van der Waals surface area (Å²) in [5.41, 5.74) is 7.61. The van der Waals surface area contributed by atoms with Gasteiger partial charge in [-0.2, -0.15) is 0 Å². The van der Waals surface area contributed by atoms with Crippen LogP contribution in [0.3, 0.4) is 0 Å². The van der Waals surface area contributed by atoms with Gasteiger partial charge in [-0.05, 0) is 36.1 Å². The molecule has 0 heterocycles. The van der Waals surface area contributed by atoms with Crippen LogP contribution in [0.5, 0.6) is 5.75 Å². The summed E-state index contributed by atoms with van der Waals surface area (Å²) in [6.45, 7) is 0.366. The minimum absolute atomic E-state index is 0.275. The van der Waals surface area contributed by atoms with E-state index in [1.807, 2.05) is 36.4 Å². The van der Waals surface area contributed by atoms with Crippen molar-refractivity contribution in [1.29, 1.82) is 0 Å². The Labute approximate surface area is 112 Å². The van der Waals surface area contributed by atoms with Gasteiger partial charge in [0.25, 0.3) is 0 Å². The van der Waals surface area contributed by atoms with Gasteiger partial charge in [0.1, 0.15) is 6.61 Å². The number of ether oxygens (including phenoxy) is 1. The van der Waals surface area contributed by atoms with Crippen LogP contribution in [0.1, 0.15) is 24.0 Å². The monoisotopic (exact) mass is 257 g/mol. The summed E-state index contributed by atoms with van der Waals surface area (Å²) >= 11 is 0. The SMILES string of the molecule is NC1(c2ccc(OCc3ccccc3)c(F)c2)CC1. The topological polar surface area (TPSA) is 35.2 Å². The van der Waals surface area contributed by atoms with E-state index in [0.29, 0.717) is 6.61 Å². The Morgan fingerprint density at radius 3 is 2.47 bits per heavy atom. The maximum Gasteiger partial charge on any atom is 0.165 e. The molecule has 0 bridgehead atoms. The molecule has 0 unspecified atom stereocenters. The molecule has 3 heteroatoms. The number of hydrogen-bond donors (Lipinski definition) is 1. The Bertz CT molecular complexity index is 579. The van der Waals surface area contributed by atoms with Crippen molar-refractivity contribution in [2.45, 2.75) is 25.0 Å². The quantitative estimate of drug-likeness (QED) is 0.911. The van der Waals surface area contributed by atoms with Crippen molar-refractivity contribution < 1.29 is 9.13 Å².